The van der Waals surface area contributed by atoms with Gasteiger partial charge in [0.05, 0.1) is 9.30 Å². The third-order valence-corrected chi connectivity index (χ3v) is 6.25. The Morgan fingerprint density at radius 2 is 2.38 bits per heavy atom. The van der Waals surface area contributed by atoms with Gasteiger partial charge in [-0.05, 0) is 75.3 Å². The number of benzene rings is 1. The Labute approximate surface area is 135 Å². The molecule has 1 saturated carbocycles. The van der Waals surface area contributed by atoms with Crippen molar-refractivity contribution >= 4 is 0 Å². The van der Waals surface area contributed by atoms with Crippen LogP contribution < -0.4 is 4.74 Å². The second kappa shape index (κ2) is 5.01. The molecule has 114 valence electrons. The summed E-state index contributed by atoms with van der Waals surface area (Å²) in [7, 11) is 2.23. The van der Waals surface area contributed by atoms with Crippen molar-refractivity contribution in [3.05, 3.63) is 29.3 Å². The molecule has 21 heavy (non-hydrogen) atoms. The maximum absolute atomic E-state index is 7.78. The summed E-state index contributed by atoms with van der Waals surface area (Å²) in [6, 6.07) is 6.28. The van der Waals surface area contributed by atoms with E-state index in [0.717, 1.165) is 19.4 Å². The topological polar surface area (TPSA) is 12.5 Å². The van der Waals surface area contributed by atoms with Gasteiger partial charge in [0.2, 0.25) is 0 Å². The maximum Gasteiger partial charge on any atom is 0.119 e. The van der Waals surface area contributed by atoms with Crippen molar-refractivity contribution < 1.29 is 11.6 Å². The van der Waals surface area contributed by atoms with E-state index in [0.29, 0.717) is 17.7 Å². The van der Waals surface area contributed by atoms with Crippen LogP contribution in [0, 0.1) is 5.92 Å². The zero-order valence-corrected chi connectivity index (χ0v) is 12.7. The average molecular weight is 290 g/mol. The number of rotatable bonds is 2. The van der Waals surface area contributed by atoms with Gasteiger partial charge in [-0.1, -0.05) is 18.9 Å². The average Bonchev–Trinajstić information content (AvgIpc) is 2.57. The van der Waals surface area contributed by atoms with Crippen molar-refractivity contribution in [1.29, 1.82) is 0 Å². The number of piperidine rings is 1. The van der Waals surface area contributed by atoms with Gasteiger partial charge in [0, 0.05) is 15.6 Å². The summed E-state index contributed by atoms with van der Waals surface area (Å²) < 4.78 is 43.0. The Bertz CT molecular complexity index is 704. The van der Waals surface area contributed by atoms with Gasteiger partial charge >= 0.3 is 0 Å². The highest BCUT2D eigenvalue weighted by molar-refractivity contribution is 5.45. The van der Waals surface area contributed by atoms with Crippen molar-refractivity contribution in [3.63, 3.8) is 0 Å². The van der Waals surface area contributed by atoms with Crippen molar-refractivity contribution in [2.75, 3.05) is 20.2 Å². The molecule has 2 fully saturated rings. The number of likely N-dealkylation sites (tertiary alicyclic amines) is 1. The second-order valence-corrected chi connectivity index (χ2v) is 7.03. The van der Waals surface area contributed by atoms with E-state index in [2.05, 4.69) is 11.9 Å². The highest BCUT2D eigenvalue weighted by Crippen LogP contribution is 2.55. The van der Waals surface area contributed by atoms with Crippen LogP contribution in [0.4, 0.5) is 0 Å². The van der Waals surface area contributed by atoms with Gasteiger partial charge in [-0.3, -0.25) is 0 Å². The monoisotopic (exact) mass is 290 g/mol. The Balaban J connectivity index is 1.74. The summed E-state index contributed by atoms with van der Waals surface area (Å²) in [5.74, 6) is 0.970. The minimum Gasteiger partial charge on any atom is -0.494 e. The molecule has 1 aliphatic heterocycles. The number of likely N-dealkylation sites (N-methyl/N-ethyl adjacent to an activating group) is 1. The Morgan fingerprint density at radius 1 is 1.43 bits per heavy atom. The van der Waals surface area contributed by atoms with Gasteiger partial charge < -0.3 is 9.64 Å². The fraction of sp³-hybridized carbons (Fsp3) is 0.684. The molecule has 2 heteroatoms. The van der Waals surface area contributed by atoms with E-state index in [1.807, 2.05) is 12.1 Å². The minimum atomic E-state index is -2.81. The van der Waals surface area contributed by atoms with Crippen molar-refractivity contribution in [3.8, 4) is 5.75 Å². The van der Waals surface area contributed by atoms with Gasteiger partial charge in [-0.25, -0.2) is 0 Å². The third kappa shape index (κ3) is 1.95. The molecular formula is C19H27NO. The summed E-state index contributed by atoms with van der Waals surface area (Å²) in [5, 5.41) is 0. The normalized spacial score (nSPS) is 39.8. The van der Waals surface area contributed by atoms with E-state index < -0.39 is 13.4 Å². The predicted octanol–water partition coefficient (Wildman–Crippen LogP) is 3.77. The lowest BCUT2D eigenvalue weighted by Crippen LogP contribution is -2.59. The van der Waals surface area contributed by atoms with Gasteiger partial charge in [-0.2, -0.15) is 0 Å². The number of nitrogens with zero attached hydrogens (tertiary/aromatic N) is 1. The Kier molecular flexibility index (Phi) is 2.20. The van der Waals surface area contributed by atoms with Crippen LogP contribution in [-0.4, -0.2) is 31.1 Å². The third-order valence-electron chi connectivity index (χ3n) is 6.25. The molecule has 2 aliphatic carbocycles. The number of fused-ring (bicyclic) bond motifs is 1. The Hall–Kier alpha value is -1.02. The summed E-state index contributed by atoms with van der Waals surface area (Å²) in [6.45, 7) is -4.41. The quantitative estimate of drug-likeness (QED) is 0.822. The molecule has 3 atom stereocenters. The standard InChI is InChI=1S/C19H27NO/c1-3-21-15-8-7-14-12-18-16-6-4-5-9-19(16,17(14)13-15)10-11-20(18)2/h7-8,13,16,18H,3-6,9-12H2,1-2H3/t16-,18?,19-/m0/s1/i1D3,3D2. The molecule has 3 aliphatic rings. The molecule has 0 radical (unpaired) electrons. The second-order valence-electron chi connectivity index (χ2n) is 7.03. The molecule has 4 rings (SSSR count). The summed E-state index contributed by atoms with van der Waals surface area (Å²) in [4.78, 5) is 2.51. The van der Waals surface area contributed by atoms with Gasteiger partial charge in [0.15, 0.2) is 0 Å². The van der Waals surface area contributed by atoms with Gasteiger partial charge in [-0.15, -0.1) is 0 Å². The molecule has 0 spiro atoms. The Morgan fingerprint density at radius 3 is 3.29 bits per heavy atom. The smallest absolute Gasteiger partial charge is 0.119 e. The van der Waals surface area contributed by atoms with Crippen LogP contribution >= 0.6 is 0 Å². The number of hydrogen-bond acceptors (Lipinski definition) is 2. The SMILES string of the molecule is [2H]C([2H])([2H])C([2H])([2H])Oc1ccc2c(c1)[C@]13CCCC[C@H]1C(C2)N(C)CC3. The van der Waals surface area contributed by atoms with E-state index in [9.17, 15) is 0 Å². The van der Waals surface area contributed by atoms with Crippen molar-refractivity contribution in [2.24, 2.45) is 5.92 Å². The highest BCUT2D eigenvalue weighted by atomic mass is 16.5. The largest absolute Gasteiger partial charge is 0.494 e. The van der Waals surface area contributed by atoms with E-state index in [4.69, 9.17) is 11.6 Å². The van der Waals surface area contributed by atoms with Crippen LogP contribution in [0.25, 0.3) is 0 Å². The first-order valence-electron chi connectivity index (χ1n) is 10.7. The highest BCUT2D eigenvalue weighted by Gasteiger charge is 2.53. The fourth-order valence-electron chi connectivity index (χ4n) is 5.30. The molecule has 1 saturated heterocycles. The van der Waals surface area contributed by atoms with E-state index in [1.54, 1.807) is 6.07 Å². The minimum absolute atomic E-state index is 0.148. The van der Waals surface area contributed by atoms with E-state index in [-0.39, 0.29) is 5.41 Å². The zero-order chi connectivity index (χ0) is 18.7. The van der Waals surface area contributed by atoms with Crippen molar-refractivity contribution in [1.82, 2.24) is 4.90 Å². The van der Waals surface area contributed by atoms with Crippen molar-refractivity contribution in [2.45, 2.75) is 56.8 Å². The molecule has 0 amide bonds. The molecule has 0 N–H and O–H groups in total. The summed E-state index contributed by atoms with van der Waals surface area (Å²) >= 11 is 0. The fourth-order valence-corrected chi connectivity index (χ4v) is 5.30. The van der Waals surface area contributed by atoms with E-state index in [1.165, 1.54) is 36.8 Å². The molecular weight excluding hydrogens is 258 g/mol. The lowest BCUT2D eigenvalue weighted by molar-refractivity contribution is 0.00271. The first-order valence-corrected chi connectivity index (χ1v) is 8.17. The molecule has 2 nitrogen and oxygen atoms in total. The maximum atomic E-state index is 7.78. The van der Waals surface area contributed by atoms with Crippen LogP contribution in [0.1, 0.15) is 56.9 Å². The number of hydrogen-bond donors (Lipinski definition) is 0. The van der Waals surface area contributed by atoms with Gasteiger partial charge in [0.1, 0.15) is 5.75 Å². The van der Waals surface area contributed by atoms with Crippen LogP contribution in [-0.2, 0) is 11.8 Å². The zero-order valence-electron chi connectivity index (χ0n) is 17.7. The first-order chi connectivity index (χ1) is 12.1. The molecule has 0 aromatic heterocycles. The summed E-state index contributed by atoms with van der Waals surface area (Å²) in [6.07, 6.45) is 7.07. The molecule has 1 aromatic rings. The van der Waals surface area contributed by atoms with Crippen LogP contribution in [0.3, 0.4) is 0 Å². The predicted molar refractivity (Wildman–Crippen MR) is 86.0 cm³/mol. The van der Waals surface area contributed by atoms with Crippen LogP contribution in [0.5, 0.6) is 5.75 Å². The lowest BCUT2D eigenvalue weighted by Gasteiger charge is -2.58. The molecule has 1 heterocycles. The lowest BCUT2D eigenvalue weighted by atomic mass is 9.52. The molecule has 1 unspecified atom stereocenters. The van der Waals surface area contributed by atoms with E-state index >= 15 is 0 Å². The van der Waals surface area contributed by atoms with Gasteiger partial charge in [0.25, 0.3) is 0 Å². The molecule has 1 aromatic carbocycles. The number of ether oxygens (including phenoxy) is 1. The first kappa shape index (κ1) is 9.19. The van der Waals surface area contributed by atoms with Crippen LogP contribution in [0.15, 0.2) is 18.2 Å². The molecule has 2 bridgehead atoms. The van der Waals surface area contributed by atoms with Crippen LogP contribution in [0.2, 0.25) is 0 Å². The summed E-state index contributed by atoms with van der Waals surface area (Å²) in [5.41, 5.74) is 2.75.